The molecule has 0 aliphatic heterocycles. The number of carbonyl (C=O) groups is 1. The topological polar surface area (TPSA) is 66.5 Å². The molecule has 0 aliphatic rings. The molecule has 0 heterocycles. The van der Waals surface area contributed by atoms with Gasteiger partial charge in [-0.15, -0.1) is 0 Å². The molecule has 5 nitrogen and oxygen atoms in total. The van der Waals surface area contributed by atoms with Gasteiger partial charge in [-0.05, 0) is 66.9 Å². The molecule has 180 valence electrons. The van der Waals surface area contributed by atoms with Crippen LogP contribution in [-0.4, -0.2) is 20.6 Å². The van der Waals surface area contributed by atoms with Crippen LogP contribution in [-0.2, 0) is 22.7 Å². The molecule has 1 N–H and O–H groups in total. The van der Waals surface area contributed by atoms with E-state index in [0.29, 0.717) is 11.3 Å². The Morgan fingerprint density at radius 3 is 2.24 bits per heavy atom. The molecular formula is C24H22ClF3N2O3S. The largest absolute Gasteiger partial charge is 0.416 e. The van der Waals surface area contributed by atoms with Crippen LogP contribution in [0.1, 0.15) is 32.6 Å². The van der Waals surface area contributed by atoms with Crippen molar-refractivity contribution in [1.29, 1.82) is 0 Å². The van der Waals surface area contributed by atoms with E-state index in [2.05, 4.69) is 5.32 Å². The summed E-state index contributed by atoms with van der Waals surface area (Å²) in [5, 5.41) is 2.35. The number of sulfonamides is 1. The van der Waals surface area contributed by atoms with Crippen molar-refractivity contribution in [2.45, 2.75) is 26.6 Å². The smallest absolute Gasteiger partial charge is 0.321 e. The highest BCUT2D eigenvalue weighted by Gasteiger charge is 2.31. The normalized spacial score (nSPS) is 11.9. The zero-order valence-corrected chi connectivity index (χ0v) is 20.1. The van der Waals surface area contributed by atoms with Gasteiger partial charge in [0.2, 0.25) is 10.0 Å². The van der Waals surface area contributed by atoms with Crippen molar-refractivity contribution in [3.8, 4) is 0 Å². The lowest BCUT2D eigenvalue weighted by Crippen LogP contribution is -2.30. The lowest BCUT2D eigenvalue weighted by Gasteiger charge is -2.25. The maximum atomic E-state index is 13.0. The van der Waals surface area contributed by atoms with Gasteiger partial charge < -0.3 is 5.32 Å². The van der Waals surface area contributed by atoms with Crippen LogP contribution >= 0.6 is 11.6 Å². The highest BCUT2D eigenvalue weighted by molar-refractivity contribution is 7.92. The molecule has 3 aromatic rings. The van der Waals surface area contributed by atoms with Gasteiger partial charge in [-0.1, -0.05) is 35.9 Å². The minimum absolute atomic E-state index is 0.0321. The summed E-state index contributed by atoms with van der Waals surface area (Å²) in [6, 6.07) is 14.3. The maximum Gasteiger partial charge on any atom is 0.416 e. The molecule has 0 unspecified atom stereocenters. The summed E-state index contributed by atoms with van der Waals surface area (Å²) >= 11 is 5.94. The molecule has 3 rings (SSSR count). The standard InChI is InChI=1S/C24H22ClF3N2O3S/c1-15-4-5-16(2)22(12-15)30(34(3,32)33)14-17-6-8-18(9-7-17)23(31)29-21-13-19(24(26,27)28)10-11-20(21)25/h4-13H,14H2,1-3H3,(H,29,31). The predicted octanol–water partition coefficient (Wildman–Crippen LogP) is 6.19. The summed E-state index contributed by atoms with van der Waals surface area (Å²) in [4.78, 5) is 12.6. The molecular weight excluding hydrogens is 489 g/mol. The predicted molar refractivity (Wildman–Crippen MR) is 128 cm³/mol. The van der Waals surface area contributed by atoms with Crippen LogP contribution in [0.4, 0.5) is 24.5 Å². The Bertz CT molecular complexity index is 1320. The maximum absolute atomic E-state index is 13.0. The zero-order valence-electron chi connectivity index (χ0n) is 18.6. The molecule has 0 atom stereocenters. The summed E-state index contributed by atoms with van der Waals surface area (Å²) in [5.41, 5.74) is 1.97. The van der Waals surface area contributed by atoms with E-state index in [9.17, 15) is 26.4 Å². The number of nitrogens with one attached hydrogen (secondary N) is 1. The van der Waals surface area contributed by atoms with E-state index in [1.807, 2.05) is 26.0 Å². The van der Waals surface area contributed by atoms with Crippen LogP contribution in [0.5, 0.6) is 0 Å². The highest BCUT2D eigenvalue weighted by atomic mass is 35.5. The number of aryl methyl sites for hydroxylation is 2. The Morgan fingerprint density at radius 1 is 1.00 bits per heavy atom. The summed E-state index contributed by atoms with van der Waals surface area (Å²) in [6.07, 6.45) is -3.46. The second-order valence-corrected chi connectivity index (χ2v) is 10.2. The minimum atomic E-state index is -4.58. The molecule has 0 aliphatic carbocycles. The van der Waals surface area contributed by atoms with Crippen LogP contribution in [0.25, 0.3) is 0 Å². The minimum Gasteiger partial charge on any atom is -0.321 e. The van der Waals surface area contributed by atoms with Gasteiger partial charge in [0.1, 0.15) is 0 Å². The van der Waals surface area contributed by atoms with E-state index < -0.39 is 27.7 Å². The fourth-order valence-corrected chi connectivity index (χ4v) is 4.39. The molecule has 0 bridgehead atoms. The van der Waals surface area contributed by atoms with Crippen molar-refractivity contribution >= 4 is 38.9 Å². The molecule has 0 spiro atoms. The second-order valence-electron chi connectivity index (χ2n) is 7.90. The van der Waals surface area contributed by atoms with E-state index >= 15 is 0 Å². The quantitative estimate of drug-likeness (QED) is 0.429. The van der Waals surface area contributed by atoms with Crippen LogP contribution in [0.2, 0.25) is 5.02 Å². The third kappa shape index (κ3) is 6.09. The first-order valence-corrected chi connectivity index (χ1v) is 12.3. The van der Waals surface area contributed by atoms with Gasteiger partial charge in [0.15, 0.2) is 0 Å². The Labute approximate surface area is 201 Å². The first kappa shape index (κ1) is 25.6. The van der Waals surface area contributed by atoms with E-state index in [1.165, 1.54) is 16.4 Å². The van der Waals surface area contributed by atoms with Crippen LogP contribution in [0.3, 0.4) is 0 Å². The molecule has 34 heavy (non-hydrogen) atoms. The molecule has 0 radical (unpaired) electrons. The number of amides is 1. The molecule has 0 aromatic heterocycles. The molecule has 10 heteroatoms. The van der Waals surface area contributed by atoms with Crippen molar-refractivity contribution in [2.75, 3.05) is 15.9 Å². The van der Waals surface area contributed by atoms with Gasteiger partial charge >= 0.3 is 6.18 Å². The van der Waals surface area contributed by atoms with Crippen molar-refractivity contribution in [3.63, 3.8) is 0 Å². The fourth-order valence-electron chi connectivity index (χ4n) is 3.29. The van der Waals surface area contributed by atoms with Crippen LogP contribution < -0.4 is 9.62 Å². The number of nitrogens with zero attached hydrogens (tertiary/aromatic N) is 1. The number of alkyl halides is 3. The lowest BCUT2D eigenvalue weighted by atomic mass is 10.1. The number of hydrogen-bond acceptors (Lipinski definition) is 3. The summed E-state index contributed by atoms with van der Waals surface area (Å²) < 4.78 is 65.1. The second kappa shape index (κ2) is 9.68. The number of halogens is 4. The van der Waals surface area contributed by atoms with E-state index in [-0.39, 0.29) is 22.8 Å². The number of rotatable bonds is 6. The van der Waals surface area contributed by atoms with Gasteiger partial charge in [-0.3, -0.25) is 9.10 Å². The first-order valence-electron chi connectivity index (χ1n) is 10.1. The molecule has 0 fully saturated rings. The number of carbonyl (C=O) groups excluding carboxylic acids is 1. The molecule has 1 amide bonds. The van der Waals surface area contributed by atoms with Crippen LogP contribution in [0.15, 0.2) is 60.7 Å². The Morgan fingerprint density at radius 2 is 1.65 bits per heavy atom. The summed E-state index contributed by atoms with van der Waals surface area (Å²) in [7, 11) is -3.60. The summed E-state index contributed by atoms with van der Waals surface area (Å²) in [5.74, 6) is -0.651. The third-order valence-corrected chi connectivity index (χ3v) is 6.57. The average Bonchev–Trinajstić information content (AvgIpc) is 2.74. The first-order chi connectivity index (χ1) is 15.8. The molecule has 3 aromatic carbocycles. The number of anilines is 2. The van der Waals surface area contributed by atoms with E-state index in [4.69, 9.17) is 11.6 Å². The Kier molecular flexibility index (Phi) is 7.28. The number of benzene rings is 3. The van der Waals surface area contributed by atoms with Gasteiger partial charge in [0.05, 0.1) is 34.8 Å². The fraction of sp³-hybridized carbons (Fsp3) is 0.208. The number of hydrogen-bond donors (Lipinski definition) is 1. The van der Waals surface area contributed by atoms with Crippen molar-refractivity contribution in [1.82, 2.24) is 0 Å². The Hall–Kier alpha value is -3.04. The molecule has 0 saturated carbocycles. The van der Waals surface area contributed by atoms with Crippen molar-refractivity contribution < 1.29 is 26.4 Å². The van der Waals surface area contributed by atoms with Crippen LogP contribution in [0, 0.1) is 13.8 Å². The lowest BCUT2D eigenvalue weighted by molar-refractivity contribution is -0.137. The van der Waals surface area contributed by atoms with Gasteiger partial charge in [-0.25, -0.2) is 8.42 Å². The van der Waals surface area contributed by atoms with Crippen molar-refractivity contribution in [2.24, 2.45) is 0 Å². The van der Waals surface area contributed by atoms with Gasteiger partial charge in [0, 0.05) is 5.56 Å². The molecule has 0 saturated heterocycles. The van der Waals surface area contributed by atoms with E-state index in [0.717, 1.165) is 35.6 Å². The highest BCUT2D eigenvalue weighted by Crippen LogP contribution is 2.34. The van der Waals surface area contributed by atoms with Crippen molar-refractivity contribution in [3.05, 3.63) is 93.5 Å². The van der Waals surface area contributed by atoms with Gasteiger partial charge in [-0.2, -0.15) is 13.2 Å². The third-order valence-electron chi connectivity index (χ3n) is 5.12. The van der Waals surface area contributed by atoms with Gasteiger partial charge in [0.25, 0.3) is 5.91 Å². The van der Waals surface area contributed by atoms with E-state index in [1.54, 1.807) is 18.2 Å². The zero-order chi connectivity index (χ0) is 25.3. The monoisotopic (exact) mass is 510 g/mol. The Balaban J connectivity index is 1.82. The average molecular weight is 511 g/mol. The summed E-state index contributed by atoms with van der Waals surface area (Å²) in [6.45, 7) is 3.73. The SMILES string of the molecule is Cc1ccc(C)c(N(Cc2ccc(C(=O)Nc3cc(C(F)(F)F)ccc3Cl)cc2)S(C)(=O)=O)c1.